The van der Waals surface area contributed by atoms with E-state index in [1.165, 1.54) is 11.1 Å². The van der Waals surface area contributed by atoms with Crippen LogP contribution < -0.4 is 16.0 Å². The molecule has 0 fully saturated rings. The van der Waals surface area contributed by atoms with E-state index in [1.54, 1.807) is 6.92 Å². The van der Waals surface area contributed by atoms with Crippen molar-refractivity contribution in [1.29, 1.82) is 0 Å². The average molecular weight is 561 g/mol. The number of unbranched alkanes of at least 4 members (excludes halogenated alkanes) is 1. The van der Waals surface area contributed by atoms with Gasteiger partial charge in [-0.3, -0.25) is 5.32 Å². The summed E-state index contributed by atoms with van der Waals surface area (Å²) in [7, 11) is 0. The average Bonchev–Trinajstić information content (AvgIpc) is 3.55. The molecule has 2 aliphatic rings. The number of anilines is 1. The van der Waals surface area contributed by atoms with Gasteiger partial charge in [0.25, 0.3) is 5.92 Å². The number of alkyl halides is 2. The number of nitrogens with one attached hydrogen (secondary N) is 3. The van der Waals surface area contributed by atoms with E-state index in [0.29, 0.717) is 17.0 Å². The van der Waals surface area contributed by atoms with Crippen molar-refractivity contribution in [2.75, 3.05) is 31.6 Å². The maximum atomic E-state index is 14.1. The van der Waals surface area contributed by atoms with Crippen molar-refractivity contribution in [3.63, 3.8) is 0 Å². The van der Waals surface area contributed by atoms with Crippen molar-refractivity contribution >= 4 is 34.0 Å². The van der Waals surface area contributed by atoms with Crippen LogP contribution in [0, 0.1) is 0 Å². The van der Waals surface area contributed by atoms with E-state index < -0.39 is 24.3 Å². The molecule has 1 aliphatic carbocycles. The number of hydrogen-bond donors (Lipinski definition) is 3. The Morgan fingerprint density at radius 2 is 1.97 bits per heavy atom. The predicted molar refractivity (Wildman–Crippen MR) is 152 cm³/mol. The second-order valence-electron chi connectivity index (χ2n) is 10.0. The number of thiophene rings is 1. The van der Waals surface area contributed by atoms with Crippen molar-refractivity contribution in [3.05, 3.63) is 57.2 Å². The minimum atomic E-state index is -2.82. The molecule has 4 rings (SSSR count). The van der Waals surface area contributed by atoms with E-state index in [2.05, 4.69) is 22.9 Å². The molecular weight excluding hydrogens is 522 g/mol. The van der Waals surface area contributed by atoms with Gasteiger partial charge in [0.2, 0.25) is 0 Å². The van der Waals surface area contributed by atoms with Gasteiger partial charge in [-0.1, -0.05) is 18.9 Å². The van der Waals surface area contributed by atoms with Crippen LogP contribution in [-0.4, -0.2) is 48.7 Å². The van der Waals surface area contributed by atoms with Crippen molar-refractivity contribution in [3.8, 4) is 0 Å². The number of urea groups is 1. The predicted octanol–water partition coefficient (Wildman–Crippen LogP) is 6.38. The summed E-state index contributed by atoms with van der Waals surface area (Å²) in [6.07, 6.45) is 7.36. The number of carbonyl (C=O) groups excluding carboxylic acids is 2. The van der Waals surface area contributed by atoms with E-state index in [1.807, 2.05) is 36.0 Å². The minimum absolute atomic E-state index is 0.0714. The zero-order chi connectivity index (χ0) is 28.0. The Labute approximate surface area is 232 Å². The molecule has 2 amide bonds. The Balaban J connectivity index is 1.59. The number of carbonyl (C=O) groups is 2. The molecule has 0 saturated heterocycles. The molecule has 0 atom stereocenters. The highest BCUT2D eigenvalue weighted by Crippen LogP contribution is 2.43. The molecule has 10 heteroatoms. The Hall–Kier alpha value is -2.98. The number of halogens is 2. The Kier molecular flexibility index (Phi) is 9.61. The van der Waals surface area contributed by atoms with E-state index in [4.69, 9.17) is 4.74 Å². The molecule has 2 aromatic heterocycles. The molecule has 2 aromatic rings. The molecule has 0 radical (unpaired) electrons. The molecule has 7 nitrogen and oxygen atoms in total. The summed E-state index contributed by atoms with van der Waals surface area (Å²) in [5, 5.41) is 9.48. The van der Waals surface area contributed by atoms with Gasteiger partial charge in [0, 0.05) is 48.9 Å². The fraction of sp³-hybridized carbons (Fsp3) is 0.517. The van der Waals surface area contributed by atoms with Crippen molar-refractivity contribution in [2.45, 2.75) is 71.6 Å². The fourth-order valence-corrected chi connectivity index (χ4v) is 6.58. The number of nitrogens with zero attached hydrogens (tertiary/aromatic N) is 1. The lowest BCUT2D eigenvalue weighted by molar-refractivity contribution is -0.0114. The van der Waals surface area contributed by atoms with Crippen LogP contribution in [0.25, 0.3) is 5.70 Å². The smallest absolute Gasteiger partial charge is 0.341 e. The van der Waals surface area contributed by atoms with Crippen LogP contribution in [0.3, 0.4) is 0 Å². The number of rotatable bonds is 10. The van der Waals surface area contributed by atoms with Crippen LogP contribution in [0.1, 0.15) is 73.7 Å². The van der Waals surface area contributed by atoms with E-state index in [-0.39, 0.29) is 30.0 Å². The highest BCUT2D eigenvalue weighted by atomic mass is 32.1. The summed E-state index contributed by atoms with van der Waals surface area (Å²) in [5.74, 6) is -3.42. The van der Waals surface area contributed by atoms with E-state index in [9.17, 15) is 18.4 Å². The fourth-order valence-electron chi connectivity index (χ4n) is 5.27. The molecule has 0 saturated carbocycles. The lowest BCUT2D eigenvalue weighted by Gasteiger charge is -2.26. The topological polar surface area (TPSA) is 84.4 Å². The number of hydrogen-bond acceptors (Lipinski definition) is 5. The number of allylic oxidation sites excluding steroid dienone is 1. The number of amides is 2. The molecule has 39 heavy (non-hydrogen) atoms. The first-order valence-electron chi connectivity index (χ1n) is 13.7. The van der Waals surface area contributed by atoms with Gasteiger partial charge in [-0.2, -0.15) is 0 Å². The minimum Gasteiger partial charge on any atom is -0.462 e. The summed E-state index contributed by atoms with van der Waals surface area (Å²) in [6, 6.07) is 3.44. The maximum absolute atomic E-state index is 14.1. The van der Waals surface area contributed by atoms with Crippen LogP contribution in [0.5, 0.6) is 0 Å². The molecule has 0 aromatic carbocycles. The quantitative estimate of drug-likeness (QED) is 0.294. The molecule has 0 spiro atoms. The highest BCUT2D eigenvalue weighted by molar-refractivity contribution is 7.17. The van der Waals surface area contributed by atoms with Crippen LogP contribution in [0.2, 0.25) is 0 Å². The van der Waals surface area contributed by atoms with Crippen LogP contribution in [-0.2, 0) is 17.6 Å². The standard InChI is InChI=1S/C29H38F2N4O3S/c1-4-6-9-20-17-32-13-11-21(20)23(19(3)35-14-7-8-15-35)18-33-28(37)34-26-25(27(36)38-5-2)22-10-12-29(30,31)16-24(22)39-26/h7-8,14-15,32H,4-6,9-13,16-18H2,1-3H3,(H2,33,34,37)/b23-19+. The zero-order valence-electron chi connectivity index (χ0n) is 22.9. The maximum Gasteiger partial charge on any atom is 0.341 e. The van der Waals surface area contributed by atoms with Gasteiger partial charge >= 0.3 is 12.0 Å². The third kappa shape index (κ3) is 6.97. The lowest BCUT2D eigenvalue weighted by Crippen LogP contribution is -2.33. The van der Waals surface area contributed by atoms with E-state index in [0.717, 1.165) is 61.4 Å². The second-order valence-corrected chi connectivity index (χ2v) is 11.1. The highest BCUT2D eigenvalue weighted by Gasteiger charge is 2.39. The summed E-state index contributed by atoms with van der Waals surface area (Å²) in [4.78, 5) is 26.3. The largest absolute Gasteiger partial charge is 0.462 e. The van der Waals surface area contributed by atoms with Gasteiger partial charge in [0.15, 0.2) is 0 Å². The van der Waals surface area contributed by atoms with Gasteiger partial charge in [-0.15, -0.1) is 11.3 Å². The van der Waals surface area contributed by atoms with Crippen molar-refractivity contribution < 1.29 is 23.1 Å². The number of esters is 1. The van der Waals surface area contributed by atoms with Gasteiger partial charge in [-0.05, 0) is 74.9 Å². The monoisotopic (exact) mass is 560 g/mol. The number of fused-ring (bicyclic) bond motifs is 1. The first-order valence-corrected chi connectivity index (χ1v) is 14.5. The van der Waals surface area contributed by atoms with Gasteiger partial charge in [0.1, 0.15) is 5.00 Å². The Morgan fingerprint density at radius 3 is 2.69 bits per heavy atom. The molecule has 3 heterocycles. The lowest BCUT2D eigenvalue weighted by atomic mass is 9.90. The SMILES string of the molecule is CCCCC1=C(/C(CNC(=O)Nc2sc3c(c2C(=O)OCC)CCC(F)(F)C3)=C(\C)n2cccc2)CCNC1. The van der Waals surface area contributed by atoms with Crippen molar-refractivity contribution in [1.82, 2.24) is 15.2 Å². The molecule has 1 aliphatic heterocycles. The summed E-state index contributed by atoms with van der Waals surface area (Å²) >= 11 is 1.04. The summed E-state index contributed by atoms with van der Waals surface area (Å²) < 4.78 is 35.5. The third-order valence-corrected chi connectivity index (χ3v) is 8.47. The Bertz CT molecular complexity index is 1250. The normalized spacial score (nSPS) is 17.4. The van der Waals surface area contributed by atoms with Gasteiger partial charge in [0.05, 0.1) is 12.2 Å². The van der Waals surface area contributed by atoms with Gasteiger partial charge < -0.3 is 19.9 Å². The van der Waals surface area contributed by atoms with Crippen LogP contribution >= 0.6 is 11.3 Å². The molecule has 0 unspecified atom stereocenters. The Morgan fingerprint density at radius 1 is 1.21 bits per heavy atom. The molecule has 212 valence electrons. The first-order chi connectivity index (χ1) is 18.7. The zero-order valence-corrected chi connectivity index (χ0v) is 23.7. The molecule has 3 N–H and O–H groups in total. The summed E-state index contributed by atoms with van der Waals surface area (Å²) in [5.41, 5.74) is 5.49. The second kappa shape index (κ2) is 12.9. The van der Waals surface area contributed by atoms with E-state index >= 15 is 0 Å². The van der Waals surface area contributed by atoms with Gasteiger partial charge in [-0.25, -0.2) is 18.4 Å². The summed E-state index contributed by atoms with van der Waals surface area (Å²) in [6.45, 7) is 8.06. The first kappa shape index (κ1) is 29.0. The van der Waals surface area contributed by atoms with Crippen LogP contribution in [0.4, 0.5) is 18.6 Å². The number of aromatic nitrogens is 1. The van der Waals surface area contributed by atoms with Crippen molar-refractivity contribution in [2.24, 2.45) is 0 Å². The van der Waals surface area contributed by atoms with Crippen LogP contribution in [0.15, 0.2) is 41.2 Å². The third-order valence-electron chi connectivity index (χ3n) is 7.32. The molecule has 0 bridgehead atoms. The molecular formula is C29H38F2N4O3S. The number of ether oxygens (including phenoxy) is 1.